The summed E-state index contributed by atoms with van der Waals surface area (Å²) in [7, 11) is 0. The van der Waals surface area contributed by atoms with Crippen LogP contribution in [0, 0.1) is 5.92 Å². The Hall–Kier alpha value is -2.63. The predicted molar refractivity (Wildman–Crippen MR) is 163 cm³/mol. The molecule has 40 heavy (non-hydrogen) atoms. The van der Waals surface area contributed by atoms with Gasteiger partial charge in [-0.3, -0.25) is 14.7 Å². The Morgan fingerprint density at radius 1 is 0.700 bits per heavy atom. The molecule has 0 saturated heterocycles. The first-order chi connectivity index (χ1) is 19.5. The highest BCUT2D eigenvalue weighted by molar-refractivity contribution is 6.02. The van der Waals surface area contributed by atoms with Gasteiger partial charge in [0.25, 0.3) is 0 Å². The van der Waals surface area contributed by atoms with E-state index in [-0.39, 0.29) is 17.5 Å². The lowest BCUT2D eigenvalue weighted by molar-refractivity contribution is -0.132. The zero-order chi connectivity index (χ0) is 29.0. The smallest absolute Gasteiger partial charge is 0.143 e. The summed E-state index contributed by atoms with van der Waals surface area (Å²) in [5.41, 5.74) is 4.01. The van der Waals surface area contributed by atoms with Gasteiger partial charge in [-0.25, -0.2) is 0 Å². The monoisotopic (exact) mass is 554 g/mol. The van der Waals surface area contributed by atoms with Crippen LogP contribution in [0.5, 0.6) is 11.5 Å². The second kappa shape index (κ2) is 20.3. The summed E-state index contributed by atoms with van der Waals surface area (Å²) in [6, 6.07) is 7.94. The third-order valence-corrected chi connectivity index (χ3v) is 7.77. The minimum absolute atomic E-state index is 0.0977. The number of rotatable bonds is 24. The quantitative estimate of drug-likeness (QED) is 0.104. The maximum Gasteiger partial charge on any atom is 0.143 e. The second-order valence-corrected chi connectivity index (χ2v) is 10.8. The number of H-pyrrole nitrogens is 1. The predicted octanol–water partition coefficient (Wildman–Crippen LogP) is 8.40. The Labute approximate surface area is 243 Å². The minimum atomic E-state index is -0.378. The van der Waals surface area contributed by atoms with Crippen LogP contribution in [-0.2, 0) is 28.9 Å². The van der Waals surface area contributed by atoms with Crippen LogP contribution < -0.4 is 9.47 Å². The molecule has 0 aliphatic rings. The van der Waals surface area contributed by atoms with Crippen LogP contribution in [0.15, 0.2) is 24.3 Å². The molecule has 0 fully saturated rings. The zero-order valence-electron chi connectivity index (χ0n) is 25.7. The van der Waals surface area contributed by atoms with Gasteiger partial charge in [0, 0.05) is 18.5 Å². The Balaban J connectivity index is 1.47. The van der Waals surface area contributed by atoms with E-state index < -0.39 is 0 Å². The number of ketones is 2. The Kier molecular flexibility index (Phi) is 17.0. The average Bonchev–Trinajstić information content (AvgIpc) is 3.39. The summed E-state index contributed by atoms with van der Waals surface area (Å²) in [5.74, 6) is 1.59. The van der Waals surface area contributed by atoms with Gasteiger partial charge in [0.15, 0.2) is 0 Å². The Bertz CT molecular complexity index is 929. The van der Waals surface area contributed by atoms with Crippen molar-refractivity contribution in [2.75, 3.05) is 13.2 Å². The van der Waals surface area contributed by atoms with Crippen molar-refractivity contribution in [2.45, 2.75) is 130 Å². The van der Waals surface area contributed by atoms with E-state index >= 15 is 0 Å². The maximum atomic E-state index is 12.0. The van der Waals surface area contributed by atoms with Crippen molar-refractivity contribution >= 4 is 11.6 Å². The van der Waals surface area contributed by atoms with E-state index in [0.29, 0.717) is 25.9 Å². The van der Waals surface area contributed by atoms with Crippen LogP contribution in [0.2, 0.25) is 0 Å². The summed E-state index contributed by atoms with van der Waals surface area (Å²) >= 11 is 0. The van der Waals surface area contributed by atoms with Crippen LogP contribution in [0.25, 0.3) is 0 Å². The first-order valence-electron chi connectivity index (χ1n) is 16.0. The normalized spacial score (nSPS) is 11.2. The first kappa shape index (κ1) is 33.6. The molecule has 0 bridgehead atoms. The number of aromatic nitrogens is 2. The summed E-state index contributed by atoms with van der Waals surface area (Å²) in [6.07, 6.45) is 16.0. The first-order valence-corrected chi connectivity index (χ1v) is 16.0. The van der Waals surface area contributed by atoms with Gasteiger partial charge in [0.05, 0.1) is 24.8 Å². The molecular weight excluding hydrogens is 500 g/mol. The van der Waals surface area contributed by atoms with E-state index in [2.05, 4.69) is 24.0 Å². The molecule has 0 spiro atoms. The minimum Gasteiger partial charge on any atom is -0.494 e. The van der Waals surface area contributed by atoms with E-state index in [0.717, 1.165) is 75.9 Å². The number of unbranched alkanes of at least 4 members (excludes halogenated alkanes) is 8. The molecule has 6 nitrogen and oxygen atoms in total. The number of carbonyl (C=O) groups excluding carboxylic acids is 2. The number of carbonyl (C=O) groups is 2. The Morgan fingerprint density at radius 3 is 1.70 bits per heavy atom. The van der Waals surface area contributed by atoms with Gasteiger partial charge in [-0.1, -0.05) is 72.6 Å². The molecule has 0 saturated carbocycles. The van der Waals surface area contributed by atoms with Crippen LogP contribution >= 0.6 is 0 Å². The Morgan fingerprint density at radius 2 is 1.20 bits per heavy atom. The largest absolute Gasteiger partial charge is 0.494 e. The number of benzene rings is 1. The van der Waals surface area contributed by atoms with Gasteiger partial charge in [-0.2, -0.15) is 5.10 Å². The molecule has 1 aromatic heterocycles. The molecule has 0 amide bonds. The molecule has 0 atom stereocenters. The summed E-state index contributed by atoms with van der Waals surface area (Å²) in [4.78, 5) is 24.0. The number of nitrogens with zero attached hydrogens (tertiary/aromatic N) is 1. The van der Waals surface area contributed by atoms with Gasteiger partial charge in [0.1, 0.15) is 23.1 Å². The molecule has 1 aromatic carbocycles. The maximum absolute atomic E-state index is 12.0. The number of nitrogens with one attached hydrogen (secondary N) is 1. The molecule has 0 radical (unpaired) electrons. The number of Topliss-reactive ketones (excluding diaryl/α,β-unsaturated/α-hetero) is 2. The number of aromatic amines is 1. The molecule has 2 rings (SSSR count). The summed E-state index contributed by atoms with van der Waals surface area (Å²) in [6.45, 7) is 9.51. The molecule has 1 N–H and O–H groups in total. The molecule has 2 aromatic rings. The van der Waals surface area contributed by atoms with E-state index in [9.17, 15) is 9.59 Å². The fourth-order valence-electron chi connectivity index (χ4n) is 5.25. The standard InChI is InChI=1S/C34H54N2O4/c1-5-31-29(32(6-2)36-35-31)19-15-11-9-13-17-25-39-27-21-23-28(24-22-27)40-26-18-14-10-12-16-20-30(33(37)7-3)34(38)8-4/h21-24,30H,5-20,25-26H2,1-4H3,(H,35,36). The highest BCUT2D eigenvalue weighted by atomic mass is 16.5. The zero-order valence-corrected chi connectivity index (χ0v) is 25.7. The average molecular weight is 555 g/mol. The fourth-order valence-corrected chi connectivity index (χ4v) is 5.25. The third kappa shape index (κ3) is 12.3. The van der Waals surface area contributed by atoms with Crippen LogP contribution in [-0.4, -0.2) is 35.0 Å². The van der Waals surface area contributed by atoms with Crippen LogP contribution in [0.3, 0.4) is 0 Å². The lowest BCUT2D eigenvalue weighted by Crippen LogP contribution is -2.22. The van der Waals surface area contributed by atoms with Crippen molar-refractivity contribution in [3.63, 3.8) is 0 Å². The third-order valence-electron chi connectivity index (χ3n) is 7.77. The van der Waals surface area contributed by atoms with E-state index in [4.69, 9.17) is 9.47 Å². The topological polar surface area (TPSA) is 81.3 Å². The molecular formula is C34H54N2O4. The number of hydrogen-bond donors (Lipinski definition) is 1. The molecule has 0 aliphatic carbocycles. The highest BCUT2D eigenvalue weighted by Crippen LogP contribution is 2.20. The van der Waals surface area contributed by atoms with Crippen molar-refractivity contribution in [3.05, 3.63) is 41.2 Å². The SMILES string of the molecule is CCC(=O)C(CCCCCCCOc1ccc(OCCCCCCCc2c(CC)n[nH]c2CC)cc1)C(=O)CC. The second-order valence-electron chi connectivity index (χ2n) is 10.8. The summed E-state index contributed by atoms with van der Waals surface area (Å²) < 4.78 is 11.8. The highest BCUT2D eigenvalue weighted by Gasteiger charge is 2.22. The molecule has 0 unspecified atom stereocenters. The van der Waals surface area contributed by atoms with Crippen LogP contribution in [0.4, 0.5) is 0 Å². The molecule has 6 heteroatoms. The van der Waals surface area contributed by atoms with Crippen molar-refractivity contribution in [1.82, 2.24) is 10.2 Å². The summed E-state index contributed by atoms with van der Waals surface area (Å²) in [5, 5.41) is 7.67. The van der Waals surface area contributed by atoms with Crippen molar-refractivity contribution < 1.29 is 19.1 Å². The van der Waals surface area contributed by atoms with E-state index in [1.807, 2.05) is 38.1 Å². The van der Waals surface area contributed by atoms with E-state index in [1.54, 1.807) is 0 Å². The van der Waals surface area contributed by atoms with Gasteiger partial charge in [-0.05, 0) is 74.8 Å². The van der Waals surface area contributed by atoms with Crippen molar-refractivity contribution in [3.8, 4) is 11.5 Å². The van der Waals surface area contributed by atoms with Gasteiger partial charge < -0.3 is 9.47 Å². The van der Waals surface area contributed by atoms with Crippen molar-refractivity contribution in [2.24, 2.45) is 5.92 Å². The molecule has 224 valence electrons. The fraction of sp³-hybridized carbons (Fsp3) is 0.676. The van der Waals surface area contributed by atoms with Crippen molar-refractivity contribution in [1.29, 1.82) is 0 Å². The van der Waals surface area contributed by atoms with Gasteiger partial charge in [0.2, 0.25) is 0 Å². The molecule has 0 aliphatic heterocycles. The number of hydrogen-bond acceptors (Lipinski definition) is 5. The van der Waals surface area contributed by atoms with Crippen LogP contribution in [0.1, 0.15) is 128 Å². The van der Waals surface area contributed by atoms with Gasteiger partial charge >= 0.3 is 0 Å². The van der Waals surface area contributed by atoms with E-state index in [1.165, 1.54) is 42.6 Å². The molecule has 1 heterocycles. The lowest BCUT2D eigenvalue weighted by Gasteiger charge is -2.12. The van der Waals surface area contributed by atoms with Gasteiger partial charge in [-0.15, -0.1) is 0 Å². The lowest BCUT2D eigenvalue weighted by atomic mass is 9.90. The number of aryl methyl sites for hydroxylation is 2. The number of ether oxygens (including phenoxy) is 2.